The number of hydrogen-bond acceptors (Lipinski definition) is 5. The van der Waals surface area contributed by atoms with E-state index in [0.717, 1.165) is 47.8 Å². The molecule has 2 fully saturated rings. The fourth-order valence-electron chi connectivity index (χ4n) is 4.38. The Morgan fingerprint density at radius 1 is 1.03 bits per heavy atom. The van der Waals surface area contributed by atoms with Gasteiger partial charge in [0.1, 0.15) is 0 Å². The lowest BCUT2D eigenvalue weighted by atomic mass is 10.1. The number of benzene rings is 2. The van der Waals surface area contributed by atoms with Gasteiger partial charge in [-0.25, -0.2) is 13.1 Å². The molecule has 0 unspecified atom stereocenters. The third-order valence-corrected chi connectivity index (χ3v) is 7.81. The van der Waals surface area contributed by atoms with E-state index in [1.807, 2.05) is 36.4 Å². The highest BCUT2D eigenvalue weighted by Crippen LogP contribution is 2.48. The SMILES string of the molecule is Cl.Cl.O=C(Nc1ccc2cnccc2c1)[C@@H]1C[C@H]1c1ccc(S(=O)(=O)N[C@@H]2CCCNC2)cc1. The van der Waals surface area contributed by atoms with Gasteiger partial charge in [-0.05, 0) is 73.0 Å². The van der Waals surface area contributed by atoms with E-state index in [4.69, 9.17) is 0 Å². The van der Waals surface area contributed by atoms with Crippen LogP contribution in [0.5, 0.6) is 0 Å². The molecule has 3 N–H and O–H groups in total. The highest BCUT2D eigenvalue weighted by atomic mass is 35.5. The van der Waals surface area contributed by atoms with E-state index in [-0.39, 0.29) is 53.5 Å². The van der Waals surface area contributed by atoms with Crippen molar-refractivity contribution in [2.75, 3.05) is 18.4 Å². The number of carbonyl (C=O) groups is 1. The van der Waals surface area contributed by atoms with Crippen LogP contribution in [0.1, 0.15) is 30.7 Å². The maximum atomic E-state index is 12.7. The number of piperidine rings is 1. The van der Waals surface area contributed by atoms with Crippen molar-refractivity contribution in [2.24, 2.45) is 5.92 Å². The summed E-state index contributed by atoms with van der Waals surface area (Å²) in [6, 6.07) is 14.5. The lowest BCUT2D eigenvalue weighted by molar-refractivity contribution is -0.117. The molecule has 0 bridgehead atoms. The molecule has 2 aliphatic rings. The van der Waals surface area contributed by atoms with Crippen molar-refractivity contribution in [3.05, 3.63) is 66.5 Å². The Morgan fingerprint density at radius 2 is 1.82 bits per heavy atom. The normalized spacial score (nSPS) is 21.7. The van der Waals surface area contributed by atoms with E-state index in [1.165, 1.54) is 0 Å². The number of anilines is 1. The zero-order valence-electron chi connectivity index (χ0n) is 18.4. The van der Waals surface area contributed by atoms with Crippen molar-refractivity contribution in [3.63, 3.8) is 0 Å². The van der Waals surface area contributed by atoms with Crippen molar-refractivity contribution >= 4 is 57.2 Å². The molecule has 1 aliphatic heterocycles. The lowest BCUT2D eigenvalue weighted by Crippen LogP contribution is -2.45. The van der Waals surface area contributed by atoms with Gasteiger partial charge < -0.3 is 10.6 Å². The highest BCUT2D eigenvalue weighted by molar-refractivity contribution is 7.89. The van der Waals surface area contributed by atoms with Gasteiger partial charge in [0.25, 0.3) is 0 Å². The van der Waals surface area contributed by atoms with E-state index in [1.54, 1.807) is 24.5 Å². The monoisotopic (exact) mass is 522 g/mol. The first-order valence-electron chi connectivity index (χ1n) is 11.0. The number of nitrogens with zero attached hydrogens (tertiary/aromatic N) is 1. The van der Waals surface area contributed by atoms with Crippen LogP contribution in [0, 0.1) is 5.92 Å². The summed E-state index contributed by atoms with van der Waals surface area (Å²) in [7, 11) is -3.54. The van der Waals surface area contributed by atoms with Gasteiger partial charge >= 0.3 is 0 Å². The van der Waals surface area contributed by atoms with E-state index >= 15 is 0 Å². The van der Waals surface area contributed by atoms with Gasteiger partial charge in [0.2, 0.25) is 15.9 Å². The number of hydrogen-bond donors (Lipinski definition) is 3. The summed E-state index contributed by atoms with van der Waals surface area (Å²) < 4.78 is 28.1. The molecule has 1 saturated heterocycles. The molecule has 3 atom stereocenters. The predicted octanol–water partition coefficient (Wildman–Crippen LogP) is 3.85. The third-order valence-electron chi connectivity index (χ3n) is 6.27. The lowest BCUT2D eigenvalue weighted by Gasteiger charge is -2.23. The van der Waals surface area contributed by atoms with Crippen molar-refractivity contribution < 1.29 is 13.2 Å². The minimum absolute atomic E-state index is 0. The molecule has 1 aliphatic carbocycles. The Morgan fingerprint density at radius 3 is 2.56 bits per heavy atom. The zero-order chi connectivity index (χ0) is 22.1. The summed E-state index contributed by atoms with van der Waals surface area (Å²) >= 11 is 0. The summed E-state index contributed by atoms with van der Waals surface area (Å²) in [6.45, 7) is 1.59. The van der Waals surface area contributed by atoms with E-state index < -0.39 is 10.0 Å². The Kier molecular flexibility index (Phi) is 8.54. The molecular formula is C24H28Cl2N4O3S. The number of carbonyl (C=O) groups excluding carboxylic acids is 1. The van der Waals surface area contributed by atoms with Gasteiger partial charge in [0.15, 0.2) is 0 Å². The largest absolute Gasteiger partial charge is 0.326 e. The van der Waals surface area contributed by atoms with Crippen LogP contribution in [0.2, 0.25) is 0 Å². The second kappa shape index (κ2) is 11.0. The predicted molar refractivity (Wildman–Crippen MR) is 138 cm³/mol. The summed E-state index contributed by atoms with van der Waals surface area (Å²) in [6.07, 6.45) is 6.10. The second-order valence-corrected chi connectivity index (χ2v) is 10.3. The van der Waals surface area contributed by atoms with E-state index in [0.29, 0.717) is 6.54 Å². The standard InChI is InChI=1S/C24H26N4O3S.2ClH/c29-24(27-19-6-3-18-14-26-11-9-17(18)12-19)23-13-22(23)16-4-7-21(8-5-16)32(30,31)28-20-2-1-10-25-15-20;;/h3-9,11-12,14,20,22-23,25,28H,1-2,10,13,15H2,(H,27,29);2*1H/t20-,22+,23-;;/m1../s1. The number of pyridine rings is 1. The van der Waals surface area contributed by atoms with Crippen LogP contribution in [0.4, 0.5) is 5.69 Å². The van der Waals surface area contributed by atoms with Gasteiger partial charge in [-0.3, -0.25) is 9.78 Å². The van der Waals surface area contributed by atoms with Crippen LogP contribution in [-0.2, 0) is 14.8 Å². The Labute approximate surface area is 212 Å². The molecule has 182 valence electrons. The second-order valence-electron chi connectivity index (χ2n) is 8.61. The van der Waals surface area contributed by atoms with Gasteiger partial charge in [0, 0.05) is 42.0 Å². The van der Waals surface area contributed by atoms with Crippen LogP contribution in [0.3, 0.4) is 0 Å². The van der Waals surface area contributed by atoms with Crippen LogP contribution < -0.4 is 15.4 Å². The molecule has 34 heavy (non-hydrogen) atoms. The fraction of sp³-hybridized carbons (Fsp3) is 0.333. The van der Waals surface area contributed by atoms with Crippen LogP contribution in [-0.4, -0.2) is 38.4 Å². The van der Waals surface area contributed by atoms with E-state index in [9.17, 15) is 13.2 Å². The van der Waals surface area contributed by atoms with Crippen molar-refractivity contribution in [1.82, 2.24) is 15.0 Å². The third kappa shape index (κ3) is 5.87. The molecule has 1 amide bonds. The van der Waals surface area contributed by atoms with Gasteiger partial charge in [-0.2, -0.15) is 0 Å². The quantitative estimate of drug-likeness (QED) is 0.456. The minimum Gasteiger partial charge on any atom is -0.326 e. The first kappa shape index (κ1) is 26.4. The number of sulfonamides is 1. The number of amides is 1. The van der Waals surface area contributed by atoms with Crippen molar-refractivity contribution in [1.29, 1.82) is 0 Å². The van der Waals surface area contributed by atoms with Crippen LogP contribution >= 0.6 is 24.8 Å². The summed E-state index contributed by atoms with van der Waals surface area (Å²) in [5.41, 5.74) is 1.76. The molecule has 1 saturated carbocycles. The van der Waals surface area contributed by atoms with Crippen LogP contribution in [0.15, 0.2) is 65.8 Å². The number of nitrogens with one attached hydrogen (secondary N) is 3. The molecule has 2 aromatic carbocycles. The molecule has 3 aromatic rings. The molecule has 1 aromatic heterocycles. The highest BCUT2D eigenvalue weighted by Gasteiger charge is 2.44. The Hall–Kier alpha value is -2.23. The average molecular weight is 523 g/mol. The minimum atomic E-state index is -3.54. The summed E-state index contributed by atoms with van der Waals surface area (Å²) in [5, 5.41) is 8.27. The van der Waals surface area contributed by atoms with Crippen molar-refractivity contribution in [3.8, 4) is 0 Å². The smallest absolute Gasteiger partial charge is 0.240 e. The molecule has 5 rings (SSSR count). The average Bonchev–Trinajstić information content (AvgIpc) is 3.61. The Balaban J connectivity index is 0.00000162. The van der Waals surface area contributed by atoms with Crippen LogP contribution in [0.25, 0.3) is 10.8 Å². The van der Waals surface area contributed by atoms with Crippen molar-refractivity contribution in [2.45, 2.75) is 36.1 Å². The fourth-order valence-corrected chi connectivity index (χ4v) is 5.65. The number of aromatic nitrogens is 1. The molecular weight excluding hydrogens is 495 g/mol. The number of fused-ring (bicyclic) bond motifs is 1. The summed E-state index contributed by atoms with van der Waals surface area (Å²) in [5.74, 6) is 0.00974. The first-order chi connectivity index (χ1) is 15.5. The maximum Gasteiger partial charge on any atom is 0.240 e. The Bertz CT molecular complexity index is 1250. The summed E-state index contributed by atoms with van der Waals surface area (Å²) in [4.78, 5) is 17.1. The van der Waals surface area contributed by atoms with Gasteiger partial charge in [-0.15, -0.1) is 24.8 Å². The topological polar surface area (TPSA) is 100 Å². The molecule has 0 spiro atoms. The molecule has 0 radical (unpaired) electrons. The van der Waals surface area contributed by atoms with Gasteiger partial charge in [-0.1, -0.05) is 18.2 Å². The number of rotatable bonds is 6. The molecule has 7 nitrogen and oxygen atoms in total. The zero-order valence-corrected chi connectivity index (χ0v) is 20.9. The molecule has 2 heterocycles. The molecule has 10 heteroatoms. The van der Waals surface area contributed by atoms with E-state index in [2.05, 4.69) is 20.3 Å². The van der Waals surface area contributed by atoms with Gasteiger partial charge in [0.05, 0.1) is 4.90 Å². The first-order valence-corrected chi connectivity index (χ1v) is 12.5. The number of halogens is 2. The maximum absolute atomic E-state index is 12.7.